The minimum atomic E-state index is -0.215. The molecule has 0 aliphatic rings. The molecule has 0 atom stereocenters. The molecule has 5 nitrogen and oxygen atoms in total. The molecule has 0 bridgehead atoms. The second-order valence-electron chi connectivity index (χ2n) is 4.60. The van der Waals surface area contributed by atoms with E-state index >= 15 is 0 Å². The van der Waals surface area contributed by atoms with Crippen molar-refractivity contribution in [1.82, 2.24) is 10.6 Å². The summed E-state index contributed by atoms with van der Waals surface area (Å²) in [4.78, 5) is 22.3. The summed E-state index contributed by atoms with van der Waals surface area (Å²) in [6.07, 6.45) is 0. The van der Waals surface area contributed by atoms with Gasteiger partial charge in [-0.15, -0.1) is 0 Å². The van der Waals surface area contributed by atoms with Crippen LogP contribution in [0.1, 0.15) is 6.92 Å². The first-order valence-corrected chi connectivity index (χ1v) is 6.78. The third kappa shape index (κ3) is 4.49. The predicted octanol–water partition coefficient (Wildman–Crippen LogP) is 1.47. The zero-order valence-corrected chi connectivity index (χ0v) is 11.9. The third-order valence-corrected chi connectivity index (χ3v) is 2.93. The van der Waals surface area contributed by atoms with Crippen LogP contribution in [0.3, 0.4) is 0 Å². The molecule has 0 saturated carbocycles. The Bertz CT molecular complexity index is 635. The van der Waals surface area contributed by atoms with Gasteiger partial charge in [0, 0.05) is 25.4 Å². The fourth-order valence-corrected chi connectivity index (χ4v) is 1.96. The molecule has 0 radical (unpaired) electrons. The van der Waals surface area contributed by atoms with Gasteiger partial charge in [0.15, 0.2) is 6.61 Å². The number of amides is 2. The number of carbonyl (C=O) groups is 2. The summed E-state index contributed by atoms with van der Waals surface area (Å²) >= 11 is 0. The summed E-state index contributed by atoms with van der Waals surface area (Å²) in [5, 5.41) is 7.33. The van der Waals surface area contributed by atoms with E-state index in [4.69, 9.17) is 4.74 Å². The van der Waals surface area contributed by atoms with Gasteiger partial charge in [-0.1, -0.05) is 36.4 Å². The number of benzene rings is 2. The van der Waals surface area contributed by atoms with Crippen LogP contribution < -0.4 is 15.4 Å². The lowest BCUT2D eigenvalue weighted by molar-refractivity contribution is -0.123. The topological polar surface area (TPSA) is 67.4 Å². The van der Waals surface area contributed by atoms with Gasteiger partial charge in [0.05, 0.1) is 0 Å². The lowest BCUT2D eigenvalue weighted by Crippen LogP contribution is -2.36. The second kappa shape index (κ2) is 7.28. The molecule has 5 heteroatoms. The quantitative estimate of drug-likeness (QED) is 0.790. The lowest BCUT2D eigenvalue weighted by atomic mass is 10.1. The van der Waals surface area contributed by atoms with Crippen LogP contribution in [-0.4, -0.2) is 31.5 Å². The molecule has 0 aliphatic carbocycles. The highest BCUT2D eigenvalue weighted by Crippen LogP contribution is 2.24. The smallest absolute Gasteiger partial charge is 0.258 e. The monoisotopic (exact) mass is 286 g/mol. The number of ether oxygens (including phenoxy) is 1. The zero-order valence-electron chi connectivity index (χ0n) is 11.9. The maximum absolute atomic E-state index is 11.6. The Hall–Kier alpha value is -2.56. The number of fused-ring (bicyclic) bond motifs is 1. The van der Waals surface area contributed by atoms with Crippen molar-refractivity contribution in [2.45, 2.75) is 6.92 Å². The van der Waals surface area contributed by atoms with Crippen molar-refractivity contribution >= 4 is 22.6 Å². The van der Waals surface area contributed by atoms with Gasteiger partial charge in [-0.3, -0.25) is 9.59 Å². The number of nitrogens with one attached hydrogen (secondary N) is 2. The summed E-state index contributed by atoms with van der Waals surface area (Å²) in [7, 11) is 0. The van der Waals surface area contributed by atoms with Crippen LogP contribution in [0.15, 0.2) is 42.5 Å². The van der Waals surface area contributed by atoms with Crippen LogP contribution in [0.5, 0.6) is 5.75 Å². The molecule has 2 aromatic carbocycles. The van der Waals surface area contributed by atoms with Crippen LogP contribution in [0, 0.1) is 0 Å². The van der Waals surface area contributed by atoms with Gasteiger partial charge in [0.2, 0.25) is 5.91 Å². The van der Waals surface area contributed by atoms with Crippen molar-refractivity contribution in [3.05, 3.63) is 42.5 Å². The van der Waals surface area contributed by atoms with E-state index in [1.54, 1.807) is 0 Å². The number of hydrogen-bond donors (Lipinski definition) is 2. The molecule has 0 saturated heterocycles. The van der Waals surface area contributed by atoms with Crippen LogP contribution in [0.2, 0.25) is 0 Å². The maximum Gasteiger partial charge on any atom is 0.258 e. The van der Waals surface area contributed by atoms with E-state index in [2.05, 4.69) is 10.6 Å². The molecular weight excluding hydrogens is 268 g/mol. The molecule has 110 valence electrons. The van der Waals surface area contributed by atoms with E-state index in [1.807, 2.05) is 42.5 Å². The molecule has 0 fully saturated rings. The summed E-state index contributed by atoms with van der Waals surface area (Å²) in [5.41, 5.74) is 0. The molecule has 0 aromatic heterocycles. The molecule has 2 aromatic rings. The largest absolute Gasteiger partial charge is 0.483 e. The highest BCUT2D eigenvalue weighted by molar-refractivity contribution is 5.88. The van der Waals surface area contributed by atoms with Crippen molar-refractivity contribution in [1.29, 1.82) is 0 Å². The van der Waals surface area contributed by atoms with Crippen LogP contribution in [-0.2, 0) is 9.59 Å². The molecule has 2 N–H and O–H groups in total. The first-order valence-electron chi connectivity index (χ1n) is 6.78. The predicted molar refractivity (Wildman–Crippen MR) is 81.1 cm³/mol. The maximum atomic E-state index is 11.6. The third-order valence-electron chi connectivity index (χ3n) is 2.93. The highest BCUT2D eigenvalue weighted by atomic mass is 16.5. The minimum absolute atomic E-state index is 0.0475. The van der Waals surface area contributed by atoms with E-state index < -0.39 is 0 Å². The summed E-state index contributed by atoms with van der Waals surface area (Å²) in [5.74, 6) is 0.356. The normalized spacial score (nSPS) is 10.1. The van der Waals surface area contributed by atoms with Crippen LogP contribution >= 0.6 is 0 Å². The fourth-order valence-electron chi connectivity index (χ4n) is 1.96. The molecule has 21 heavy (non-hydrogen) atoms. The van der Waals surface area contributed by atoms with E-state index in [9.17, 15) is 9.59 Å². The Labute approximate surface area is 123 Å². The Balaban J connectivity index is 1.84. The van der Waals surface area contributed by atoms with Gasteiger partial charge in [-0.05, 0) is 11.5 Å². The zero-order chi connectivity index (χ0) is 15.1. The Morgan fingerprint density at radius 2 is 1.71 bits per heavy atom. The van der Waals surface area contributed by atoms with E-state index in [0.29, 0.717) is 18.8 Å². The van der Waals surface area contributed by atoms with E-state index in [-0.39, 0.29) is 18.4 Å². The Morgan fingerprint density at radius 3 is 2.52 bits per heavy atom. The van der Waals surface area contributed by atoms with Gasteiger partial charge in [0.1, 0.15) is 5.75 Å². The van der Waals surface area contributed by atoms with Gasteiger partial charge >= 0.3 is 0 Å². The average Bonchev–Trinajstić information content (AvgIpc) is 2.49. The number of carbonyl (C=O) groups excluding carboxylic acids is 2. The molecule has 2 amide bonds. The first kappa shape index (κ1) is 14.8. The van der Waals surface area contributed by atoms with Crippen molar-refractivity contribution in [3.63, 3.8) is 0 Å². The van der Waals surface area contributed by atoms with Gasteiger partial charge < -0.3 is 15.4 Å². The minimum Gasteiger partial charge on any atom is -0.483 e. The van der Waals surface area contributed by atoms with E-state index in [0.717, 1.165) is 10.8 Å². The average molecular weight is 286 g/mol. The fraction of sp³-hybridized carbons (Fsp3) is 0.250. The number of rotatable bonds is 6. The lowest BCUT2D eigenvalue weighted by Gasteiger charge is -2.10. The standard InChI is InChI=1S/C16H18N2O3/c1-12(19)17-9-10-18-16(20)11-21-15-8-4-6-13-5-2-3-7-14(13)15/h2-8H,9-11H2,1H3,(H,17,19)(H,18,20). The van der Waals surface area contributed by atoms with Crippen LogP contribution in [0.4, 0.5) is 0 Å². The second-order valence-corrected chi connectivity index (χ2v) is 4.60. The molecule has 0 aliphatic heterocycles. The van der Waals surface area contributed by atoms with Gasteiger partial charge in [0.25, 0.3) is 5.91 Å². The summed E-state index contributed by atoms with van der Waals surface area (Å²) in [6.45, 7) is 2.19. The van der Waals surface area contributed by atoms with Crippen molar-refractivity contribution in [2.24, 2.45) is 0 Å². The summed E-state index contributed by atoms with van der Waals surface area (Å²) < 4.78 is 5.56. The van der Waals surface area contributed by atoms with Crippen molar-refractivity contribution in [3.8, 4) is 5.75 Å². The number of hydrogen-bond acceptors (Lipinski definition) is 3. The van der Waals surface area contributed by atoms with E-state index in [1.165, 1.54) is 6.92 Å². The Morgan fingerprint density at radius 1 is 1.00 bits per heavy atom. The molecule has 0 heterocycles. The van der Waals surface area contributed by atoms with Crippen molar-refractivity contribution in [2.75, 3.05) is 19.7 Å². The molecule has 2 rings (SSSR count). The molecule has 0 unspecified atom stereocenters. The SMILES string of the molecule is CC(=O)NCCNC(=O)COc1cccc2ccccc12. The Kier molecular flexibility index (Phi) is 5.15. The van der Waals surface area contributed by atoms with Crippen LogP contribution in [0.25, 0.3) is 10.8 Å². The molecular formula is C16H18N2O3. The first-order chi connectivity index (χ1) is 10.2. The molecule has 0 spiro atoms. The van der Waals surface area contributed by atoms with Gasteiger partial charge in [-0.25, -0.2) is 0 Å². The van der Waals surface area contributed by atoms with Crippen molar-refractivity contribution < 1.29 is 14.3 Å². The highest BCUT2D eigenvalue weighted by Gasteiger charge is 2.05. The van der Waals surface area contributed by atoms with Gasteiger partial charge in [-0.2, -0.15) is 0 Å². The summed E-state index contributed by atoms with van der Waals surface area (Å²) in [6, 6.07) is 13.6.